The highest BCUT2D eigenvalue weighted by molar-refractivity contribution is 5.91. The summed E-state index contributed by atoms with van der Waals surface area (Å²) in [4.78, 5) is 19.5. The number of unbranched alkanes of at least 4 members (excludes halogenated alkanes) is 2. The maximum atomic E-state index is 11.6. The first-order valence-electron chi connectivity index (χ1n) is 5.83. The molecular weight excluding hydrogens is 234 g/mol. The third-order valence-corrected chi connectivity index (χ3v) is 2.34. The molecule has 0 bridgehead atoms. The van der Waals surface area contributed by atoms with Gasteiger partial charge in [0.2, 0.25) is 0 Å². The van der Waals surface area contributed by atoms with Crippen molar-refractivity contribution in [1.82, 2.24) is 15.3 Å². The summed E-state index contributed by atoms with van der Waals surface area (Å²) in [5, 5.41) is 2.78. The van der Waals surface area contributed by atoms with Gasteiger partial charge in [0.15, 0.2) is 5.82 Å². The van der Waals surface area contributed by atoms with Crippen LogP contribution < -0.4 is 16.6 Å². The maximum Gasteiger partial charge on any atom is 0.271 e. The molecule has 0 radical (unpaired) electrons. The average Bonchev–Trinajstić information content (AvgIpc) is 2.42. The Labute approximate surface area is 106 Å². The van der Waals surface area contributed by atoms with Crippen LogP contribution in [0.4, 0.5) is 5.82 Å². The fraction of sp³-hybridized carbons (Fsp3) is 0.545. The van der Waals surface area contributed by atoms with Crippen LogP contribution in [0.3, 0.4) is 0 Å². The number of hydrogen-bond acceptors (Lipinski definition) is 6. The highest BCUT2D eigenvalue weighted by atomic mass is 16.5. The molecule has 0 unspecified atom stereocenters. The van der Waals surface area contributed by atoms with Crippen LogP contribution in [-0.4, -0.2) is 36.1 Å². The molecule has 0 aliphatic rings. The van der Waals surface area contributed by atoms with Crippen molar-refractivity contribution in [3.8, 4) is 0 Å². The Morgan fingerprint density at radius 2 is 2.17 bits per heavy atom. The van der Waals surface area contributed by atoms with E-state index in [1.165, 1.54) is 12.4 Å². The maximum absolute atomic E-state index is 11.6. The van der Waals surface area contributed by atoms with Gasteiger partial charge in [-0.2, -0.15) is 0 Å². The van der Waals surface area contributed by atoms with Gasteiger partial charge in [-0.1, -0.05) is 0 Å². The molecule has 1 aromatic heterocycles. The Morgan fingerprint density at radius 1 is 1.33 bits per heavy atom. The Kier molecular flexibility index (Phi) is 6.67. The third kappa shape index (κ3) is 5.07. The molecular formula is C11H19N5O2. The minimum atomic E-state index is -0.224. The molecule has 7 nitrogen and oxygen atoms in total. The van der Waals surface area contributed by atoms with Crippen molar-refractivity contribution < 1.29 is 9.53 Å². The molecule has 7 heteroatoms. The van der Waals surface area contributed by atoms with E-state index >= 15 is 0 Å². The van der Waals surface area contributed by atoms with E-state index in [9.17, 15) is 4.79 Å². The van der Waals surface area contributed by atoms with E-state index in [1.54, 1.807) is 7.11 Å². The molecule has 1 amide bonds. The van der Waals surface area contributed by atoms with E-state index < -0.39 is 0 Å². The third-order valence-electron chi connectivity index (χ3n) is 2.34. The molecule has 0 aliphatic carbocycles. The van der Waals surface area contributed by atoms with Gasteiger partial charge in [0.25, 0.3) is 5.91 Å². The topological polar surface area (TPSA) is 102 Å². The van der Waals surface area contributed by atoms with Crippen molar-refractivity contribution in [3.63, 3.8) is 0 Å². The van der Waals surface area contributed by atoms with E-state index in [4.69, 9.17) is 10.6 Å². The Bertz CT molecular complexity index is 355. The zero-order valence-corrected chi connectivity index (χ0v) is 10.5. The molecule has 0 saturated carbocycles. The van der Waals surface area contributed by atoms with Crippen LogP contribution in [0, 0.1) is 0 Å². The van der Waals surface area contributed by atoms with Gasteiger partial charge < -0.3 is 15.5 Å². The molecule has 4 N–H and O–H groups in total. The first kappa shape index (κ1) is 14.3. The van der Waals surface area contributed by atoms with Crippen LogP contribution in [0.15, 0.2) is 12.4 Å². The van der Waals surface area contributed by atoms with E-state index in [2.05, 4.69) is 20.7 Å². The van der Waals surface area contributed by atoms with E-state index in [0.717, 1.165) is 25.9 Å². The number of carbonyl (C=O) groups excluding carboxylic acids is 1. The molecule has 1 rings (SSSR count). The number of nitrogens with zero attached hydrogens (tertiary/aromatic N) is 2. The number of amides is 1. The van der Waals surface area contributed by atoms with Crippen LogP contribution in [-0.2, 0) is 4.74 Å². The van der Waals surface area contributed by atoms with Gasteiger partial charge in [-0.25, -0.2) is 15.8 Å². The number of rotatable bonds is 8. The quantitative estimate of drug-likeness (QED) is 0.350. The summed E-state index contributed by atoms with van der Waals surface area (Å²) in [6.45, 7) is 1.38. The Hall–Kier alpha value is -1.73. The molecule has 1 heterocycles. The van der Waals surface area contributed by atoms with Crippen molar-refractivity contribution in [3.05, 3.63) is 18.1 Å². The summed E-state index contributed by atoms with van der Waals surface area (Å²) in [7, 11) is 1.68. The predicted molar refractivity (Wildman–Crippen MR) is 67.9 cm³/mol. The van der Waals surface area contributed by atoms with Gasteiger partial charge in [0.05, 0.1) is 12.4 Å². The first-order valence-corrected chi connectivity index (χ1v) is 5.83. The SMILES string of the molecule is COCCCCCNC(=O)c1cnc(NN)cn1. The molecule has 0 spiro atoms. The van der Waals surface area contributed by atoms with Gasteiger partial charge >= 0.3 is 0 Å². The lowest BCUT2D eigenvalue weighted by atomic mass is 10.2. The van der Waals surface area contributed by atoms with Gasteiger partial charge in [-0.05, 0) is 19.3 Å². The molecule has 100 valence electrons. The average molecular weight is 253 g/mol. The lowest BCUT2D eigenvalue weighted by Crippen LogP contribution is -2.25. The smallest absolute Gasteiger partial charge is 0.271 e. The van der Waals surface area contributed by atoms with Gasteiger partial charge in [0.1, 0.15) is 5.69 Å². The van der Waals surface area contributed by atoms with Crippen molar-refractivity contribution in [2.45, 2.75) is 19.3 Å². The summed E-state index contributed by atoms with van der Waals surface area (Å²) < 4.78 is 4.94. The van der Waals surface area contributed by atoms with Crippen LogP contribution in [0.1, 0.15) is 29.8 Å². The minimum absolute atomic E-state index is 0.224. The number of anilines is 1. The standard InChI is InChI=1S/C11H19N5O2/c1-18-6-4-2-3-5-13-11(17)9-7-15-10(16-12)8-14-9/h7-8H,2-6,12H2,1H3,(H,13,17)(H,15,16). The number of carbonyl (C=O) groups is 1. The van der Waals surface area contributed by atoms with E-state index in [1.807, 2.05) is 0 Å². The van der Waals surface area contributed by atoms with E-state index in [-0.39, 0.29) is 11.6 Å². The molecule has 0 atom stereocenters. The number of nitrogens with one attached hydrogen (secondary N) is 2. The number of nitrogens with two attached hydrogens (primary N) is 1. The van der Waals surface area contributed by atoms with Crippen molar-refractivity contribution in [2.24, 2.45) is 5.84 Å². The zero-order chi connectivity index (χ0) is 13.2. The number of hydrogen-bond donors (Lipinski definition) is 3. The summed E-state index contributed by atoms with van der Waals surface area (Å²) >= 11 is 0. The van der Waals surface area contributed by atoms with Gasteiger partial charge in [-0.3, -0.25) is 4.79 Å². The second kappa shape index (κ2) is 8.37. The Morgan fingerprint density at radius 3 is 2.78 bits per heavy atom. The predicted octanol–water partition coefficient (Wildman–Crippen LogP) is 0.309. The summed E-state index contributed by atoms with van der Waals surface area (Å²) in [5.41, 5.74) is 2.63. The highest BCUT2D eigenvalue weighted by Crippen LogP contribution is 1.99. The lowest BCUT2D eigenvalue weighted by molar-refractivity contribution is 0.0947. The number of methoxy groups -OCH3 is 1. The number of nitrogen functional groups attached to an aromatic ring is 1. The van der Waals surface area contributed by atoms with Gasteiger partial charge in [-0.15, -0.1) is 0 Å². The normalized spacial score (nSPS) is 10.1. The second-order valence-electron chi connectivity index (χ2n) is 3.74. The summed E-state index contributed by atoms with van der Waals surface area (Å²) in [5.74, 6) is 5.35. The number of aromatic nitrogens is 2. The summed E-state index contributed by atoms with van der Waals surface area (Å²) in [6, 6.07) is 0. The van der Waals surface area contributed by atoms with Crippen molar-refractivity contribution in [1.29, 1.82) is 0 Å². The highest BCUT2D eigenvalue weighted by Gasteiger charge is 2.06. The molecule has 0 fully saturated rings. The summed E-state index contributed by atoms with van der Waals surface area (Å²) in [6.07, 6.45) is 5.74. The number of hydrazine groups is 1. The van der Waals surface area contributed by atoms with Crippen molar-refractivity contribution >= 4 is 11.7 Å². The molecule has 0 saturated heterocycles. The molecule has 0 aliphatic heterocycles. The Balaban J connectivity index is 2.23. The molecule has 1 aromatic rings. The fourth-order valence-electron chi connectivity index (χ4n) is 1.36. The van der Waals surface area contributed by atoms with Crippen LogP contribution in [0.5, 0.6) is 0 Å². The van der Waals surface area contributed by atoms with E-state index in [0.29, 0.717) is 12.4 Å². The molecule has 18 heavy (non-hydrogen) atoms. The second-order valence-corrected chi connectivity index (χ2v) is 3.74. The zero-order valence-electron chi connectivity index (χ0n) is 10.5. The van der Waals surface area contributed by atoms with Crippen LogP contribution >= 0.6 is 0 Å². The first-order chi connectivity index (χ1) is 8.77. The van der Waals surface area contributed by atoms with Gasteiger partial charge in [0, 0.05) is 20.3 Å². The largest absolute Gasteiger partial charge is 0.385 e. The fourth-order valence-corrected chi connectivity index (χ4v) is 1.36. The molecule has 0 aromatic carbocycles. The monoisotopic (exact) mass is 253 g/mol. The van der Waals surface area contributed by atoms with Crippen molar-refractivity contribution in [2.75, 3.05) is 25.7 Å². The van der Waals surface area contributed by atoms with Crippen LogP contribution in [0.25, 0.3) is 0 Å². The minimum Gasteiger partial charge on any atom is -0.385 e. The van der Waals surface area contributed by atoms with Crippen LogP contribution in [0.2, 0.25) is 0 Å². The number of ether oxygens (including phenoxy) is 1. The lowest BCUT2D eigenvalue weighted by Gasteiger charge is -2.05.